The highest BCUT2D eigenvalue weighted by atomic mass is 31.2. The van der Waals surface area contributed by atoms with E-state index in [0.717, 1.165) is 10.5 Å². The molecule has 5 N–H and O–H groups in total. The molecule has 2 fully saturated rings. The van der Waals surface area contributed by atoms with Crippen LogP contribution in [0.15, 0.2) is 42.5 Å². The van der Waals surface area contributed by atoms with E-state index >= 15 is 0 Å². The SMILES string of the molecule is O=C(NC(CP(=O)(O)O)C(=O)N1CCN(C(=O)O)CC1)c1cc(N2CC[C@@H](O)C2)cc(-c2ccccc2)n1. The fourth-order valence-corrected chi connectivity index (χ4v) is 5.27. The minimum atomic E-state index is -4.72. The van der Waals surface area contributed by atoms with Gasteiger partial charge in [-0.1, -0.05) is 30.3 Å². The molecular weight excluding hydrogens is 517 g/mol. The quantitative estimate of drug-likeness (QED) is 0.304. The number of pyridine rings is 1. The summed E-state index contributed by atoms with van der Waals surface area (Å²) in [5, 5.41) is 21.6. The molecule has 2 saturated heterocycles. The number of β-amino-alcohol motifs (C(OH)–C–C–N with tert-alkyl or cyclic N) is 1. The Morgan fingerprint density at radius 3 is 2.26 bits per heavy atom. The Balaban J connectivity index is 1.60. The second-order valence-corrected chi connectivity index (χ2v) is 11.0. The Bertz CT molecular complexity index is 1230. The van der Waals surface area contributed by atoms with Crippen molar-refractivity contribution in [1.82, 2.24) is 20.1 Å². The van der Waals surface area contributed by atoms with Gasteiger partial charge in [0.05, 0.1) is 18.0 Å². The predicted octanol–water partition coefficient (Wildman–Crippen LogP) is 0.418. The summed E-state index contributed by atoms with van der Waals surface area (Å²) in [6, 6.07) is 10.9. The predicted molar refractivity (Wildman–Crippen MR) is 137 cm³/mol. The average Bonchev–Trinajstić information content (AvgIpc) is 3.33. The number of hydrogen-bond donors (Lipinski definition) is 5. The van der Waals surface area contributed by atoms with Gasteiger partial charge in [-0.05, 0) is 18.6 Å². The zero-order valence-corrected chi connectivity index (χ0v) is 21.4. The number of carbonyl (C=O) groups excluding carboxylic acids is 2. The summed E-state index contributed by atoms with van der Waals surface area (Å²) in [4.78, 5) is 65.6. The maximum atomic E-state index is 13.3. The van der Waals surface area contributed by atoms with Crippen molar-refractivity contribution in [2.24, 2.45) is 0 Å². The van der Waals surface area contributed by atoms with Crippen LogP contribution in [0.4, 0.5) is 10.5 Å². The first-order valence-electron chi connectivity index (χ1n) is 12.1. The Kier molecular flexibility index (Phi) is 8.32. The lowest BCUT2D eigenvalue weighted by molar-refractivity contribution is -0.134. The standard InChI is InChI=1S/C24H30N5O8P/c30-18-6-7-29(14-18)17-12-19(16-4-2-1-3-5-16)25-20(13-17)22(31)26-21(15-38(35,36)37)23(32)27-8-10-28(11-9-27)24(33)34/h1-5,12-13,18,21,30H,6-11,14-15H2,(H,26,31)(H,33,34)(H2,35,36,37)/t18-,21?/m1/s1. The number of rotatable bonds is 7. The highest BCUT2D eigenvalue weighted by Gasteiger charge is 2.35. The smallest absolute Gasteiger partial charge is 0.407 e. The summed E-state index contributed by atoms with van der Waals surface area (Å²) >= 11 is 0. The maximum Gasteiger partial charge on any atom is 0.407 e. The van der Waals surface area contributed by atoms with Crippen LogP contribution in [-0.2, 0) is 9.36 Å². The zero-order chi connectivity index (χ0) is 27.4. The monoisotopic (exact) mass is 547 g/mol. The van der Waals surface area contributed by atoms with Gasteiger partial charge in [0.15, 0.2) is 0 Å². The topological polar surface area (TPSA) is 184 Å². The number of hydrogen-bond acceptors (Lipinski definition) is 7. The van der Waals surface area contributed by atoms with Gasteiger partial charge in [0.1, 0.15) is 11.7 Å². The number of carboxylic acid groups (broad SMARTS) is 1. The number of nitrogens with zero attached hydrogens (tertiary/aromatic N) is 4. The number of nitrogens with one attached hydrogen (secondary N) is 1. The van der Waals surface area contributed by atoms with Gasteiger partial charge in [0.25, 0.3) is 5.91 Å². The number of piperazine rings is 1. The van der Waals surface area contributed by atoms with Crippen molar-refractivity contribution in [1.29, 1.82) is 0 Å². The Hall–Kier alpha value is -3.51. The molecule has 4 rings (SSSR count). The number of benzene rings is 1. The zero-order valence-electron chi connectivity index (χ0n) is 20.5. The van der Waals surface area contributed by atoms with Crippen LogP contribution in [0.1, 0.15) is 16.9 Å². The van der Waals surface area contributed by atoms with Gasteiger partial charge in [-0.3, -0.25) is 14.2 Å². The highest BCUT2D eigenvalue weighted by molar-refractivity contribution is 7.51. The number of aliphatic hydroxyl groups is 1. The molecule has 1 unspecified atom stereocenters. The molecule has 2 aliphatic heterocycles. The van der Waals surface area contributed by atoms with Crippen LogP contribution in [0.2, 0.25) is 0 Å². The summed E-state index contributed by atoms with van der Waals surface area (Å²) in [5.41, 5.74) is 1.81. The summed E-state index contributed by atoms with van der Waals surface area (Å²) in [5.74, 6) is -1.51. The van der Waals surface area contributed by atoms with Crippen molar-refractivity contribution >= 4 is 31.2 Å². The molecule has 13 nitrogen and oxygen atoms in total. The van der Waals surface area contributed by atoms with Gasteiger partial charge in [-0.2, -0.15) is 0 Å². The lowest BCUT2D eigenvalue weighted by atomic mass is 10.1. The molecule has 2 atom stereocenters. The minimum Gasteiger partial charge on any atom is -0.465 e. The van der Waals surface area contributed by atoms with Gasteiger partial charge in [0.2, 0.25) is 5.91 Å². The van der Waals surface area contributed by atoms with E-state index in [4.69, 9.17) is 5.11 Å². The van der Waals surface area contributed by atoms with Crippen LogP contribution in [0.3, 0.4) is 0 Å². The van der Waals surface area contributed by atoms with Crippen molar-refractivity contribution in [2.45, 2.75) is 18.6 Å². The molecular formula is C24H30N5O8P. The first kappa shape index (κ1) is 27.5. The van der Waals surface area contributed by atoms with Crippen LogP contribution in [-0.4, -0.2) is 110 Å². The molecule has 14 heteroatoms. The van der Waals surface area contributed by atoms with Crippen molar-refractivity contribution in [2.75, 3.05) is 50.3 Å². The molecule has 38 heavy (non-hydrogen) atoms. The molecule has 3 heterocycles. The van der Waals surface area contributed by atoms with Crippen LogP contribution in [0.5, 0.6) is 0 Å². The van der Waals surface area contributed by atoms with Gasteiger partial charge >= 0.3 is 13.7 Å². The second-order valence-electron chi connectivity index (χ2n) is 9.32. The number of amides is 3. The van der Waals surface area contributed by atoms with Crippen LogP contribution < -0.4 is 10.2 Å². The molecule has 0 radical (unpaired) electrons. The Labute approximate surface area is 218 Å². The number of anilines is 1. The molecule has 3 amide bonds. The van der Waals surface area contributed by atoms with Crippen molar-refractivity contribution in [3.05, 3.63) is 48.2 Å². The third-order valence-corrected chi connectivity index (χ3v) is 7.37. The summed E-state index contributed by atoms with van der Waals surface area (Å²) in [6.07, 6.45) is -1.98. The molecule has 2 aromatic rings. The maximum absolute atomic E-state index is 13.3. The number of aliphatic hydroxyl groups excluding tert-OH is 1. The van der Waals surface area contributed by atoms with Crippen LogP contribution in [0, 0.1) is 0 Å². The van der Waals surface area contributed by atoms with Gasteiger partial charge in [-0.15, -0.1) is 0 Å². The lowest BCUT2D eigenvalue weighted by Gasteiger charge is -2.35. The van der Waals surface area contributed by atoms with E-state index < -0.39 is 43.8 Å². The van der Waals surface area contributed by atoms with E-state index in [9.17, 15) is 33.8 Å². The van der Waals surface area contributed by atoms with Crippen molar-refractivity contribution in [3.8, 4) is 11.3 Å². The number of carbonyl (C=O) groups is 3. The lowest BCUT2D eigenvalue weighted by Crippen LogP contribution is -2.56. The van der Waals surface area contributed by atoms with Crippen molar-refractivity contribution in [3.63, 3.8) is 0 Å². The summed E-state index contributed by atoms with van der Waals surface area (Å²) in [7, 11) is -4.72. The van der Waals surface area contributed by atoms with E-state index in [0.29, 0.717) is 30.9 Å². The molecule has 204 valence electrons. The van der Waals surface area contributed by atoms with Gasteiger partial charge in [-0.25, -0.2) is 9.78 Å². The van der Waals surface area contributed by atoms with Crippen molar-refractivity contribution < 1.29 is 38.9 Å². The summed E-state index contributed by atoms with van der Waals surface area (Å²) < 4.78 is 11.8. The van der Waals surface area contributed by atoms with E-state index in [-0.39, 0.29) is 31.9 Å². The van der Waals surface area contributed by atoms with Crippen LogP contribution in [0.25, 0.3) is 11.3 Å². The molecule has 0 saturated carbocycles. The van der Waals surface area contributed by atoms with Gasteiger partial charge in [0, 0.05) is 50.5 Å². The van der Waals surface area contributed by atoms with Crippen LogP contribution >= 0.6 is 7.60 Å². The fourth-order valence-electron chi connectivity index (χ4n) is 4.54. The first-order chi connectivity index (χ1) is 18.0. The Morgan fingerprint density at radius 2 is 1.68 bits per heavy atom. The van der Waals surface area contributed by atoms with E-state index in [1.54, 1.807) is 6.07 Å². The summed E-state index contributed by atoms with van der Waals surface area (Å²) in [6.45, 7) is 1.10. The van der Waals surface area contributed by atoms with E-state index in [2.05, 4.69) is 10.3 Å². The largest absolute Gasteiger partial charge is 0.465 e. The number of aromatic nitrogens is 1. The molecule has 2 aliphatic rings. The van der Waals surface area contributed by atoms with Gasteiger partial charge < -0.3 is 40.0 Å². The molecule has 0 bridgehead atoms. The molecule has 1 aromatic heterocycles. The first-order valence-corrected chi connectivity index (χ1v) is 13.9. The fraction of sp³-hybridized carbons (Fsp3) is 0.417. The molecule has 1 aromatic carbocycles. The molecule has 0 aliphatic carbocycles. The normalized spacial score (nSPS) is 18.8. The average molecular weight is 548 g/mol. The molecule has 0 spiro atoms. The van der Waals surface area contributed by atoms with E-state index in [1.807, 2.05) is 35.2 Å². The highest BCUT2D eigenvalue weighted by Crippen LogP contribution is 2.35. The third-order valence-electron chi connectivity index (χ3n) is 6.53. The second kappa shape index (κ2) is 11.5. The third kappa shape index (κ3) is 6.87. The minimum absolute atomic E-state index is 0.0296. The Morgan fingerprint density at radius 1 is 1.03 bits per heavy atom. The van der Waals surface area contributed by atoms with E-state index in [1.165, 1.54) is 11.0 Å².